The smallest absolute Gasteiger partial charge is 0.330 e. The number of aromatic amines is 1. The van der Waals surface area contributed by atoms with Gasteiger partial charge in [0.15, 0.2) is 0 Å². The van der Waals surface area contributed by atoms with Gasteiger partial charge in [-0.15, -0.1) is 18.2 Å². The van der Waals surface area contributed by atoms with Crippen LogP contribution in [-0.4, -0.2) is 41.8 Å². The van der Waals surface area contributed by atoms with Gasteiger partial charge in [0.05, 0.1) is 16.1 Å². The summed E-state index contributed by atoms with van der Waals surface area (Å²) in [6.45, 7) is 3.51. The number of rotatable bonds is 5. The monoisotopic (exact) mass is 428 g/mol. The van der Waals surface area contributed by atoms with Crippen molar-refractivity contribution in [2.24, 2.45) is 0 Å². The van der Waals surface area contributed by atoms with E-state index in [9.17, 15) is 18.0 Å². The Labute approximate surface area is 145 Å². The van der Waals surface area contributed by atoms with Crippen molar-refractivity contribution in [3.05, 3.63) is 44.2 Å². The molecule has 8 nitrogen and oxygen atoms in total. The minimum atomic E-state index is -3.73. The van der Waals surface area contributed by atoms with E-state index in [0.717, 1.165) is 6.26 Å². The predicted molar refractivity (Wildman–Crippen MR) is 87.1 cm³/mol. The van der Waals surface area contributed by atoms with Gasteiger partial charge in [0.1, 0.15) is 18.4 Å². The van der Waals surface area contributed by atoms with E-state index >= 15 is 0 Å². The molecule has 0 saturated carbocycles. The maximum atomic E-state index is 11.9. The lowest BCUT2D eigenvalue weighted by Crippen LogP contribution is -2.35. The number of halogens is 2. The van der Waals surface area contributed by atoms with E-state index in [2.05, 4.69) is 27.5 Å². The van der Waals surface area contributed by atoms with Crippen LogP contribution in [0.25, 0.3) is 0 Å². The van der Waals surface area contributed by atoms with Crippen molar-refractivity contribution in [3.63, 3.8) is 0 Å². The highest BCUT2D eigenvalue weighted by atomic mass is 79.9. The number of nitrogens with zero attached hydrogens (tertiary/aromatic N) is 1. The molecule has 4 atom stereocenters. The zero-order valence-corrected chi connectivity index (χ0v) is 15.1. The second-order valence-electron chi connectivity index (χ2n) is 4.95. The van der Waals surface area contributed by atoms with Crippen LogP contribution >= 0.6 is 27.5 Å². The summed E-state index contributed by atoms with van der Waals surface area (Å²) in [5.41, 5.74) is -1.22. The minimum Gasteiger partial charge on any atom is -0.350 e. The fourth-order valence-electron chi connectivity index (χ4n) is 2.22. The summed E-state index contributed by atoms with van der Waals surface area (Å²) in [5, 5.41) is -0.609. The third-order valence-electron chi connectivity index (χ3n) is 3.17. The zero-order chi connectivity index (χ0) is 17.4. The first-order valence-electron chi connectivity index (χ1n) is 6.43. The Morgan fingerprint density at radius 2 is 2.26 bits per heavy atom. The first-order chi connectivity index (χ1) is 10.6. The van der Waals surface area contributed by atoms with Gasteiger partial charge in [-0.1, -0.05) is 6.08 Å². The number of aromatic nitrogens is 2. The van der Waals surface area contributed by atoms with E-state index in [1.54, 1.807) is 0 Å². The largest absolute Gasteiger partial charge is 0.350 e. The second kappa shape index (κ2) is 6.89. The molecule has 1 aliphatic heterocycles. The molecule has 0 aliphatic carbocycles. The molecule has 2 heterocycles. The molecule has 0 aromatic carbocycles. The summed E-state index contributed by atoms with van der Waals surface area (Å²) >= 11 is 9.23. The fraction of sp³-hybridized carbons (Fsp3) is 0.500. The normalized spacial score (nSPS) is 26.1. The molecule has 1 aliphatic rings. The van der Waals surface area contributed by atoms with Crippen LogP contribution in [0.15, 0.2) is 32.9 Å². The van der Waals surface area contributed by atoms with Crippen LogP contribution in [0.2, 0.25) is 0 Å². The average molecular weight is 430 g/mol. The predicted octanol–water partition coefficient (Wildman–Crippen LogP) is 0.725. The van der Waals surface area contributed by atoms with Gasteiger partial charge >= 0.3 is 5.69 Å². The lowest BCUT2D eigenvalue weighted by atomic mass is 10.1. The molecule has 128 valence electrons. The number of hydrogen-bond acceptors (Lipinski definition) is 6. The van der Waals surface area contributed by atoms with Crippen molar-refractivity contribution >= 4 is 37.6 Å². The van der Waals surface area contributed by atoms with Gasteiger partial charge in [-0.05, 0) is 15.9 Å². The Morgan fingerprint density at radius 1 is 1.61 bits per heavy atom. The summed E-state index contributed by atoms with van der Waals surface area (Å²) < 4.78 is 34.4. The van der Waals surface area contributed by atoms with Crippen molar-refractivity contribution < 1.29 is 17.3 Å². The molecule has 0 bridgehead atoms. The van der Waals surface area contributed by atoms with E-state index in [-0.39, 0.29) is 10.9 Å². The van der Waals surface area contributed by atoms with Gasteiger partial charge in [-0.2, -0.15) is 8.42 Å². The van der Waals surface area contributed by atoms with Crippen LogP contribution in [0.4, 0.5) is 0 Å². The second-order valence-corrected chi connectivity index (χ2v) is 7.97. The molecule has 1 aromatic rings. The van der Waals surface area contributed by atoms with E-state index in [4.69, 9.17) is 20.5 Å². The molecule has 0 radical (unpaired) electrons. The van der Waals surface area contributed by atoms with Gasteiger partial charge in [0, 0.05) is 12.6 Å². The van der Waals surface area contributed by atoms with Gasteiger partial charge in [0.2, 0.25) is 0 Å². The van der Waals surface area contributed by atoms with E-state index in [1.807, 2.05) is 0 Å². The third-order valence-corrected chi connectivity index (χ3v) is 4.74. The maximum Gasteiger partial charge on any atom is 0.330 e. The summed E-state index contributed by atoms with van der Waals surface area (Å²) in [4.78, 5) is 25.4. The number of hydrogen-bond donors (Lipinski definition) is 1. The van der Waals surface area contributed by atoms with Crippen molar-refractivity contribution in [3.8, 4) is 0 Å². The molecule has 0 amide bonds. The topological polar surface area (TPSA) is 107 Å². The van der Waals surface area contributed by atoms with Crippen molar-refractivity contribution in [2.75, 3.05) is 6.26 Å². The average Bonchev–Trinajstić information content (AvgIpc) is 2.81. The summed E-state index contributed by atoms with van der Waals surface area (Å²) in [6.07, 6.45) is 1.12. The van der Waals surface area contributed by atoms with Crippen LogP contribution in [-0.2, 0) is 19.0 Å². The van der Waals surface area contributed by atoms with Gasteiger partial charge in [-0.25, -0.2) is 4.79 Å². The first kappa shape index (κ1) is 18.4. The van der Waals surface area contributed by atoms with Crippen molar-refractivity contribution in [2.45, 2.75) is 30.2 Å². The van der Waals surface area contributed by atoms with Crippen molar-refractivity contribution in [1.82, 2.24) is 9.55 Å². The lowest BCUT2D eigenvalue weighted by Gasteiger charge is -2.22. The summed E-state index contributed by atoms with van der Waals surface area (Å²) in [6, 6.07) is 0. The summed E-state index contributed by atoms with van der Waals surface area (Å²) in [7, 11) is -3.73. The zero-order valence-electron chi connectivity index (χ0n) is 11.9. The Kier molecular flexibility index (Phi) is 5.52. The number of ether oxygens (including phenoxy) is 1. The SMILES string of the molecule is C=CC(OS(C)(=O)=O)[C@H]1O[C@@H](n2cc(Br)c(=O)[nH]c2=O)C[C@@H]1Cl. The molecule has 1 aromatic heterocycles. The number of nitrogens with one attached hydrogen (secondary N) is 1. The maximum absolute atomic E-state index is 11.9. The van der Waals surface area contributed by atoms with Crippen molar-refractivity contribution in [1.29, 1.82) is 0 Å². The minimum absolute atomic E-state index is 0.155. The first-order valence-corrected chi connectivity index (χ1v) is 9.48. The standard InChI is InChI=1S/C12H14BrClN2O6S/c1-3-8(22-23(2,19)20)10-7(14)4-9(21-10)16-5-6(13)11(17)15-12(16)18/h3,5,7-10H,1,4H2,2H3,(H,15,17,18)/t7-,8?,9+,10-/m0/s1. The van der Waals surface area contributed by atoms with E-state index in [1.165, 1.54) is 16.8 Å². The van der Waals surface area contributed by atoms with Gasteiger partial charge in [0.25, 0.3) is 15.7 Å². The highest BCUT2D eigenvalue weighted by Crippen LogP contribution is 2.34. The van der Waals surface area contributed by atoms with Crippen LogP contribution in [0.5, 0.6) is 0 Å². The molecule has 1 N–H and O–H groups in total. The van der Waals surface area contributed by atoms with Gasteiger partial charge < -0.3 is 4.74 Å². The molecule has 1 fully saturated rings. The van der Waals surface area contributed by atoms with Gasteiger partial charge in [-0.3, -0.25) is 18.5 Å². The van der Waals surface area contributed by atoms with E-state index in [0.29, 0.717) is 0 Å². The molecule has 1 unspecified atom stereocenters. The Balaban J connectivity index is 2.27. The summed E-state index contributed by atoms with van der Waals surface area (Å²) in [5.74, 6) is 0. The van der Waals surface area contributed by atoms with Crippen LogP contribution in [0.1, 0.15) is 12.6 Å². The molecule has 23 heavy (non-hydrogen) atoms. The molecular formula is C12H14BrClN2O6S. The Bertz CT molecular complexity index is 820. The van der Waals surface area contributed by atoms with Crippen LogP contribution in [0, 0.1) is 0 Å². The van der Waals surface area contributed by atoms with E-state index < -0.39 is 45.2 Å². The quantitative estimate of drug-likeness (QED) is 0.420. The molecule has 2 rings (SSSR count). The lowest BCUT2D eigenvalue weighted by molar-refractivity contribution is -0.0369. The van der Waals surface area contributed by atoms with Crippen LogP contribution in [0.3, 0.4) is 0 Å². The molecule has 11 heteroatoms. The fourth-order valence-corrected chi connectivity index (χ4v) is 3.48. The number of H-pyrrole nitrogens is 1. The number of alkyl halides is 1. The molecule has 0 spiro atoms. The molecule has 1 saturated heterocycles. The molecular weight excluding hydrogens is 416 g/mol. The third kappa shape index (κ3) is 4.32. The Morgan fingerprint density at radius 3 is 2.83 bits per heavy atom. The van der Waals surface area contributed by atoms with Crippen LogP contribution < -0.4 is 11.2 Å². The highest BCUT2D eigenvalue weighted by Gasteiger charge is 2.41. The highest BCUT2D eigenvalue weighted by molar-refractivity contribution is 9.10. The Hall–Kier alpha value is -0.940.